The molecule has 0 aliphatic rings. The second-order valence-corrected chi connectivity index (χ2v) is 4.08. The molecule has 92 valence electrons. The number of nitrogens with one attached hydrogen (secondary N) is 1. The topological polar surface area (TPSA) is 55.4 Å². The molecule has 4 nitrogen and oxygen atoms in total. The fourth-order valence-electron chi connectivity index (χ4n) is 1.06. The van der Waals surface area contributed by atoms with Crippen molar-refractivity contribution < 1.29 is 14.3 Å². The van der Waals surface area contributed by atoms with Gasteiger partial charge in [-0.3, -0.25) is 9.59 Å². The SMILES string of the molecule is CC(=O)C(C)NC(=O)COc1ccc(Cl)cc1. The zero-order valence-corrected chi connectivity index (χ0v) is 10.5. The number of hydrogen-bond donors (Lipinski definition) is 1. The summed E-state index contributed by atoms with van der Waals surface area (Å²) >= 11 is 5.71. The van der Waals surface area contributed by atoms with Gasteiger partial charge in [0.05, 0.1) is 6.04 Å². The Hall–Kier alpha value is -1.55. The lowest BCUT2D eigenvalue weighted by Crippen LogP contribution is -2.39. The molecular formula is C12H14ClNO3. The molecule has 1 aromatic rings. The highest BCUT2D eigenvalue weighted by Crippen LogP contribution is 2.15. The molecule has 1 amide bonds. The molecule has 17 heavy (non-hydrogen) atoms. The van der Waals surface area contributed by atoms with E-state index in [0.29, 0.717) is 10.8 Å². The third-order valence-corrected chi connectivity index (χ3v) is 2.42. The van der Waals surface area contributed by atoms with E-state index in [2.05, 4.69) is 5.32 Å². The Kier molecular flexibility index (Phi) is 4.97. The summed E-state index contributed by atoms with van der Waals surface area (Å²) < 4.78 is 5.22. The van der Waals surface area contributed by atoms with Crippen LogP contribution in [0.25, 0.3) is 0 Å². The summed E-state index contributed by atoms with van der Waals surface area (Å²) in [6.45, 7) is 2.92. The average Bonchev–Trinajstić information content (AvgIpc) is 2.28. The van der Waals surface area contributed by atoms with Gasteiger partial charge < -0.3 is 10.1 Å². The van der Waals surface area contributed by atoms with Crippen LogP contribution >= 0.6 is 11.6 Å². The number of Topliss-reactive ketones (excluding diaryl/α,β-unsaturated/α-hetero) is 1. The smallest absolute Gasteiger partial charge is 0.258 e. The Labute approximate surface area is 105 Å². The Balaban J connectivity index is 2.38. The summed E-state index contributed by atoms with van der Waals surface area (Å²) in [5.74, 6) is 0.132. The fourth-order valence-corrected chi connectivity index (χ4v) is 1.19. The van der Waals surface area contributed by atoms with Crippen LogP contribution in [0.15, 0.2) is 24.3 Å². The maximum absolute atomic E-state index is 11.4. The van der Waals surface area contributed by atoms with Crippen molar-refractivity contribution in [3.05, 3.63) is 29.3 Å². The van der Waals surface area contributed by atoms with Crippen molar-refractivity contribution in [2.75, 3.05) is 6.61 Å². The fraction of sp³-hybridized carbons (Fsp3) is 0.333. The number of rotatable bonds is 5. The van der Waals surface area contributed by atoms with Gasteiger partial charge in [0, 0.05) is 5.02 Å². The molecule has 0 aromatic heterocycles. The quantitative estimate of drug-likeness (QED) is 0.873. The van der Waals surface area contributed by atoms with Crippen LogP contribution in [-0.4, -0.2) is 24.3 Å². The average molecular weight is 256 g/mol. The first-order chi connectivity index (χ1) is 7.99. The third-order valence-electron chi connectivity index (χ3n) is 2.17. The maximum atomic E-state index is 11.4. The predicted octanol–water partition coefficient (Wildman–Crippen LogP) is 1.81. The molecule has 1 N–H and O–H groups in total. The minimum Gasteiger partial charge on any atom is -0.484 e. The van der Waals surface area contributed by atoms with Crippen molar-refractivity contribution in [3.8, 4) is 5.75 Å². The van der Waals surface area contributed by atoms with E-state index in [-0.39, 0.29) is 18.3 Å². The minimum atomic E-state index is -0.490. The predicted molar refractivity (Wildman–Crippen MR) is 65.2 cm³/mol. The van der Waals surface area contributed by atoms with Gasteiger partial charge in [-0.25, -0.2) is 0 Å². The monoisotopic (exact) mass is 255 g/mol. The number of carbonyl (C=O) groups excluding carboxylic acids is 2. The van der Waals surface area contributed by atoms with E-state index in [9.17, 15) is 9.59 Å². The molecule has 1 aromatic carbocycles. The highest BCUT2D eigenvalue weighted by atomic mass is 35.5. The molecule has 0 fully saturated rings. The molecule has 0 saturated heterocycles. The van der Waals surface area contributed by atoms with Crippen LogP contribution in [-0.2, 0) is 9.59 Å². The number of ether oxygens (including phenoxy) is 1. The van der Waals surface area contributed by atoms with Crippen LogP contribution in [0, 0.1) is 0 Å². The van der Waals surface area contributed by atoms with E-state index >= 15 is 0 Å². The number of hydrogen-bond acceptors (Lipinski definition) is 3. The van der Waals surface area contributed by atoms with Crippen molar-refractivity contribution in [2.24, 2.45) is 0 Å². The number of ketones is 1. The first kappa shape index (κ1) is 13.5. The highest BCUT2D eigenvalue weighted by molar-refractivity contribution is 6.30. The van der Waals surface area contributed by atoms with Gasteiger partial charge in [-0.2, -0.15) is 0 Å². The Morgan fingerprint density at radius 1 is 1.35 bits per heavy atom. The highest BCUT2D eigenvalue weighted by Gasteiger charge is 2.11. The van der Waals surface area contributed by atoms with Gasteiger partial charge in [-0.15, -0.1) is 0 Å². The number of carbonyl (C=O) groups is 2. The van der Waals surface area contributed by atoms with Crippen molar-refractivity contribution >= 4 is 23.3 Å². The first-order valence-electron chi connectivity index (χ1n) is 5.17. The lowest BCUT2D eigenvalue weighted by Gasteiger charge is -2.11. The molecule has 1 unspecified atom stereocenters. The van der Waals surface area contributed by atoms with Crippen LogP contribution in [0.4, 0.5) is 0 Å². The molecule has 1 atom stereocenters. The van der Waals surface area contributed by atoms with E-state index in [0.717, 1.165) is 0 Å². The summed E-state index contributed by atoms with van der Waals surface area (Å²) in [6.07, 6.45) is 0. The van der Waals surface area contributed by atoms with Crippen molar-refractivity contribution in [1.29, 1.82) is 0 Å². The summed E-state index contributed by atoms with van der Waals surface area (Å²) in [5.41, 5.74) is 0. The van der Waals surface area contributed by atoms with Gasteiger partial charge in [0.15, 0.2) is 12.4 Å². The molecule has 0 aliphatic heterocycles. The number of benzene rings is 1. The second kappa shape index (κ2) is 6.25. The molecule has 0 radical (unpaired) electrons. The number of halogens is 1. The van der Waals surface area contributed by atoms with E-state index < -0.39 is 6.04 Å². The lowest BCUT2D eigenvalue weighted by molar-refractivity contribution is -0.127. The van der Waals surface area contributed by atoms with Crippen molar-refractivity contribution in [2.45, 2.75) is 19.9 Å². The minimum absolute atomic E-state index is 0.0927. The van der Waals surface area contributed by atoms with E-state index in [1.165, 1.54) is 6.92 Å². The van der Waals surface area contributed by atoms with Crippen LogP contribution in [0.2, 0.25) is 5.02 Å². The normalized spacial score (nSPS) is 11.7. The zero-order valence-electron chi connectivity index (χ0n) is 9.70. The molecule has 0 heterocycles. The molecular weight excluding hydrogens is 242 g/mol. The summed E-state index contributed by atoms with van der Waals surface area (Å²) in [5, 5.41) is 3.13. The summed E-state index contributed by atoms with van der Waals surface area (Å²) in [7, 11) is 0. The first-order valence-corrected chi connectivity index (χ1v) is 5.55. The zero-order chi connectivity index (χ0) is 12.8. The van der Waals surface area contributed by atoms with Gasteiger partial charge in [0.1, 0.15) is 5.75 Å². The van der Waals surface area contributed by atoms with Crippen LogP contribution in [0.5, 0.6) is 5.75 Å². The van der Waals surface area contributed by atoms with Crippen LogP contribution < -0.4 is 10.1 Å². The Bertz CT molecular complexity index is 403. The van der Waals surface area contributed by atoms with Crippen molar-refractivity contribution in [3.63, 3.8) is 0 Å². The summed E-state index contributed by atoms with van der Waals surface area (Å²) in [6, 6.07) is 6.20. The molecule has 1 rings (SSSR count). The van der Waals surface area contributed by atoms with Gasteiger partial charge in [0.2, 0.25) is 0 Å². The molecule has 0 bridgehead atoms. The van der Waals surface area contributed by atoms with Crippen molar-refractivity contribution in [1.82, 2.24) is 5.32 Å². The van der Waals surface area contributed by atoms with Crippen LogP contribution in [0.3, 0.4) is 0 Å². The molecule has 0 saturated carbocycles. The standard InChI is InChI=1S/C12H14ClNO3/c1-8(9(2)15)14-12(16)7-17-11-5-3-10(13)4-6-11/h3-6,8H,7H2,1-2H3,(H,14,16). The van der Waals surface area contributed by atoms with Gasteiger partial charge in [-0.1, -0.05) is 11.6 Å². The van der Waals surface area contributed by atoms with Gasteiger partial charge >= 0.3 is 0 Å². The molecule has 0 aliphatic carbocycles. The summed E-state index contributed by atoms with van der Waals surface area (Å²) in [4.78, 5) is 22.3. The second-order valence-electron chi connectivity index (χ2n) is 3.64. The largest absolute Gasteiger partial charge is 0.484 e. The van der Waals surface area contributed by atoms with E-state index in [4.69, 9.17) is 16.3 Å². The lowest BCUT2D eigenvalue weighted by atomic mass is 10.2. The van der Waals surface area contributed by atoms with Crippen LogP contribution in [0.1, 0.15) is 13.8 Å². The van der Waals surface area contributed by atoms with Gasteiger partial charge in [-0.05, 0) is 38.1 Å². The molecule has 0 spiro atoms. The third kappa shape index (κ3) is 4.87. The maximum Gasteiger partial charge on any atom is 0.258 e. The molecule has 5 heteroatoms. The number of amides is 1. The van der Waals surface area contributed by atoms with E-state index in [1.807, 2.05) is 0 Å². The Morgan fingerprint density at radius 3 is 2.47 bits per heavy atom. The van der Waals surface area contributed by atoms with Gasteiger partial charge in [0.25, 0.3) is 5.91 Å². The van der Waals surface area contributed by atoms with E-state index in [1.54, 1.807) is 31.2 Å². The Morgan fingerprint density at radius 2 is 1.94 bits per heavy atom.